The first-order valence-electron chi connectivity index (χ1n) is 7.83. The number of aromatic nitrogens is 3. The topological polar surface area (TPSA) is 134 Å². The van der Waals surface area contributed by atoms with Crippen molar-refractivity contribution >= 4 is 21.9 Å². The maximum Gasteiger partial charge on any atom is 0.263 e. The first-order chi connectivity index (χ1) is 11.0. The molecule has 24 heavy (non-hydrogen) atoms. The molecule has 0 aliphatic rings. The van der Waals surface area contributed by atoms with Crippen molar-refractivity contribution in [3.8, 4) is 0 Å². The Morgan fingerprint density at radius 2 is 1.71 bits per heavy atom. The fourth-order valence-electron chi connectivity index (χ4n) is 2.93. The zero-order valence-corrected chi connectivity index (χ0v) is 14.2. The van der Waals surface area contributed by atoms with Crippen LogP contribution in [0, 0.1) is 0 Å². The highest BCUT2D eigenvalue weighted by Crippen LogP contribution is 2.29. The molecule has 2 aromatic heterocycles. The van der Waals surface area contributed by atoms with E-state index in [1.807, 2.05) is 0 Å². The van der Waals surface area contributed by atoms with Crippen LogP contribution in [0.3, 0.4) is 0 Å². The Kier molecular flexibility index (Phi) is 7.24. The highest BCUT2D eigenvalue weighted by atomic mass is 16.6. The van der Waals surface area contributed by atoms with E-state index >= 15 is 0 Å². The Balaban J connectivity index is 0.000000522. The van der Waals surface area contributed by atoms with Gasteiger partial charge in [0.15, 0.2) is 0 Å². The number of aliphatic hydroxyl groups is 3. The van der Waals surface area contributed by atoms with Gasteiger partial charge in [0.05, 0.1) is 28.6 Å². The molecule has 0 unspecified atom stereocenters. The maximum absolute atomic E-state index is 7.17. The summed E-state index contributed by atoms with van der Waals surface area (Å²) in [6, 6.07) is 4.35. The first kappa shape index (κ1) is 20.0. The van der Waals surface area contributed by atoms with Crippen molar-refractivity contribution in [2.24, 2.45) is 0 Å². The zero-order valence-electron chi connectivity index (χ0n) is 14.2. The molecule has 0 saturated carbocycles. The second kappa shape index (κ2) is 8.70. The summed E-state index contributed by atoms with van der Waals surface area (Å²) in [5.41, 5.74) is 7.15. The summed E-state index contributed by atoms with van der Waals surface area (Å²) in [4.78, 5) is 12.6. The molecule has 0 radical (unpaired) electrons. The van der Waals surface area contributed by atoms with Gasteiger partial charge in [-0.05, 0) is 36.5 Å². The Hall–Kier alpha value is -2.06. The second-order valence-corrected chi connectivity index (χ2v) is 5.19. The minimum Gasteiger partial charge on any atom is -0.412 e. The number of benzene rings is 1. The predicted octanol–water partition coefficient (Wildman–Crippen LogP) is 1.22. The van der Waals surface area contributed by atoms with Crippen molar-refractivity contribution < 1.29 is 20.8 Å². The van der Waals surface area contributed by atoms with E-state index in [9.17, 15) is 0 Å². The maximum atomic E-state index is 7.17. The van der Waals surface area contributed by atoms with Crippen molar-refractivity contribution in [2.75, 3.05) is 0 Å². The van der Waals surface area contributed by atoms with Gasteiger partial charge in [-0.2, -0.15) is 0 Å². The molecule has 0 saturated heterocycles. The van der Waals surface area contributed by atoms with Crippen LogP contribution < -0.4 is 0 Å². The third kappa shape index (κ3) is 3.88. The van der Waals surface area contributed by atoms with Gasteiger partial charge in [-0.1, -0.05) is 26.8 Å². The van der Waals surface area contributed by atoms with Crippen LogP contribution in [0.15, 0.2) is 18.5 Å². The van der Waals surface area contributed by atoms with Crippen molar-refractivity contribution in [1.82, 2.24) is 15.0 Å². The smallest absolute Gasteiger partial charge is 0.263 e. The van der Waals surface area contributed by atoms with E-state index in [0.717, 1.165) is 41.5 Å². The van der Waals surface area contributed by atoms with Crippen molar-refractivity contribution in [2.45, 2.75) is 46.5 Å². The van der Waals surface area contributed by atoms with Gasteiger partial charge in [0, 0.05) is 5.39 Å². The zero-order chi connectivity index (χ0) is 17.0. The summed E-state index contributed by atoms with van der Waals surface area (Å²) >= 11 is 0. The largest absolute Gasteiger partial charge is 0.412 e. The molecule has 7 heteroatoms. The van der Waals surface area contributed by atoms with Gasteiger partial charge >= 0.3 is 0 Å². The minimum absolute atomic E-state index is 0. The van der Waals surface area contributed by atoms with Crippen LogP contribution in [-0.4, -0.2) is 42.2 Å². The van der Waals surface area contributed by atoms with Gasteiger partial charge in [0.2, 0.25) is 0 Å². The molecule has 1 aromatic carbocycles. The van der Waals surface area contributed by atoms with Crippen molar-refractivity contribution in [3.05, 3.63) is 35.3 Å². The van der Waals surface area contributed by atoms with Crippen LogP contribution >= 0.6 is 0 Å². The summed E-state index contributed by atoms with van der Waals surface area (Å²) in [6.45, 7) is 4.38. The molecule has 0 aliphatic carbocycles. The van der Waals surface area contributed by atoms with Crippen molar-refractivity contribution in [3.63, 3.8) is 0 Å². The molecular weight excluding hydrogens is 310 g/mol. The lowest BCUT2D eigenvalue weighted by molar-refractivity contribution is -0.198. The Bertz CT molecular complexity index is 796. The Morgan fingerprint density at radius 1 is 1.04 bits per heavy atom. The standard InChI is InChI=1S/C16H19N3.CH4O3.H2O/c1-4-10-7-8-13-14(11(10)5-2)16-15(17-9-18-16)12(6-3)19-13;2-1(3)4;/h7-9H,4-6H2,1-3H3,(H,17,18);1-4H;1H2. The van der Waals surface area contributed by atoms with Crippen LogP contribution in [0.25, 0.3) is 21.9 Å². The number of imidazole rings is 1. The number of aryl methyl sites for hydroxylation is 3. The quantitative estimate of drug-likeness (QED) is 0.534. The summed E-state index contributed by atoms with van der Waals surface area (Å²) in [6.07, 6.45) is 4.78. The average Bonchev–Trinajstić information content (AvgIpc) is 3.01. The van der Waals surface area contributed by atoms with Crippen LogP contribution in [0.1, 0.15) is 37.6 Å². The monoisotopic (exact) mass is 335 g/mol. The highest BCUT2D eigenvalue weighted by molar-refractivity contribution is 6.05. The van der Waals surface area contributed by atoms with Crippen LogP contribution in [0.2, 0.25) is 0 Å². The Morgan fingerprint density at radius 3 is 2.25 bits per heavy atom. The molecule has 132 valence electrons. The van der Waals surface area contributed by atoms with E-state index in [4.69, 9.17) is 20.3 Å². The molecule has 7 nitrogen and oxygen atoms in total. The molecule has 3 aromatic rings. The molecule has 0 aliphatic heterocycles. The van der Waals surface area contributed by atoms with Gasteiger partial charge in [-0.25, -0.2) is 4.98 Å². The number of H-pyrrole nitrogens is 1. The van der Waals surface area contributed by atoms with E-state index < -0.39 is 6.48 Å². The number of nitrogens with zero attached hydrogens (tertiary/aromatic N) is 2. The number of rotatable bonds is 3. The summed E-state index contributed by atoms with van der Waals surface area (Å²) in [7, 11) is 0. The third-order valence-corrected chi connectivity index (χ3v) is 3.88. The number of hydrogen-bond acceptors (Lipinski definition) is 5. The number of aliphatic hydroxyl groups excluding tert-OH is 1. The molecular formula is C17H25N3O4. The van der Waals surface area contributed by atoms with E-state index in [-0.39, 0.29) is 5.48 Å². The minimum atomic E-state index is -2.17. The van der Waals surface area contributed by atoms with Gasteiger partial charge in [-0.3, -0.25) is 4.98 Å². The molecule has 0 fully saturated rings. The van der Waals surface area contributed by atoms with Gasteiger partial charge < -0.3 is 25.8 Å². The molecule has 0 amide bonds. The molecule has 0 spiro atoms. The van der Waals surface area contributed by atoms with E-state index in [2.05, 4.69) is 42.9 Å². The number of aromatic amines is 1. The number of nitrogens with one attached hydrogen (secondary N) is 1. The van der Waals surface area contributed by atoms with Gasteiger partial charge in [0.25, 0.3) is 6.48 Å². The second-order valence-electron chi connectivity index (χ2n) is 5.19. The van der Waals surface area contributed by atoms with E-state index in [1.54, 1.807) is 6.33 Å². The number of hydrogen-bond donors (Lipinski definition) is 4. The number of fused-ring (bicyclic) bond motifs is 3. The molecule has 3 rings (SSSR count). The SMILES string of the molecule is CCc1ccc2nc(CC)c3[nH]cnc3c2c1CC.O.OC(O)O. The average molecular weight is 335 g/mol. The lowest BCUT2D eigenvalue weighted by Gasteiger charge is -2.11. The molecule has 0 atom stereocenters. The summed E-state index contributed by atoms with van der Waals surface area (Å²) in [5, 5.41) is 22.7. The summed E-state index contributed by atoms with van der Waals surface area (Å²) < 4.78 is 0. The number of pyridine rings is 1. The molecule has 0 bridgehead atoms. The molecule has 2 heterocycles. The van der Waals surface area contributed by atoms with Crippen LogP contribution in [0.4, 0.5) is 0 Å². The summed E-state index contributed by atoms with van der Waals surface area (Å²) in [5.74, 6) is 0. The lowest BCUT2D eigenvalue weighted by atomic mass is 9.96. The fourth-order valence-corrected chi connectivity index (χ4v) is 2.93. The third-order valence-electron chi connectivity index (χ3n) is 3.88. The fraction of sp³-hybridized carbons (Fsp3) is 0.412. The van der Waals surface area contributed by atoms with Crippen molar-refractivity contribution in [1.29, 1.82) is 0 Å². The van der Waals surface area contributed by atoms with Crippen LogP contribution in [-0.2, 0) is 19.3 Å². The Labute approximate surface area is 140 Å². The van der Waals surface area contributed by atoms with E-state index in [0.29, 0.717) is 0 Å². The lowest BCUT2D eigenvalue weighted by Crippen LogP contribution is -1.98. The van der Waals surface area contributed by atoms with Gasteiger partial charge in [-0.15, -0.1) is 0 Å². The van der Waals surface area contributed by atoms with Crippen LogP contribution in [0.5, 0.6) is 0 Å². The van der Waals surface area contributed by atoms with E-state index in [1.165, 1.54) is 16.5 Å². The normalized spacial score (nSPS) is 10.6. The first-order valence-corrected chi connectivity index (χ1v) is 7.83. The molecule has 6 N–H and O–H groups in total. The highest BCUT2D eigenvalue weighted by Gasteiger charge is 2.14. The van der Waals surface area contributed by atoms with Gasteiger partial charge in [0.1, 0.15) is 0 Å². The predicted molar refractivity (Wildman–Crippen MR) is 93.6 cm³/mol.